The van der Waals surface area contributed by atoms with Crippen molar-refractivity contribution in [1.29, 1.82) is 0 Å². The Morgan fingerprint density at radius 1 is 1.33 bits per heavy atom. The minimum atomic E-state index is -0.708. The van der Waals surface area contributed by atoms with E-state index in [9.17, 15) is 14.0 Å². The molecule has 0 aromatic heterocycles. The summed E-state index contributed by atoms with van der Waals surface area (Å²) in [6.07, 6.45) is 2.80. The largest absolute Gasteiger partial charge is 0.467 e. The predicted octanol–water partition coefficient (Wildman–Crippen LogP) is 1.52. The fourth-order valence-corrected chi connectivity index (χ4v) is 1.24. The molecule has 0 aliphatic rings. The van der Waals surface area contributed by atoms with Crippen molar-refractivity contribution in [3.8, 4) is 0 Å². The smallest absolute Gasteiger partial charge is 0.328 e. The van der Waals surface area contributed by atoms with E-state index in [1.54, 1.807) is 12.1 Å². The van der Waals surface area contributed by atoms with E-state index in [4.69, 9.17) is 0 Å². The van der Waals surface area contributed by atoms with Gasteiger partial charge in [0.1, 0.15) is 11.9 Å². The van der Waals surface area contributed by atoms with Gasteiger partial charge in [0.05, 0.1) is 7.11 Å². The average Bonchev–Trinajstić information content (AvgIpc) is 2.37. The first-order valence-corrected chi connectivity index (χ1v) is 5.35. The maximum Gasteiger partial charge on any atom is 0.328 e. The first kappa shape index (κ1) is 13.9. The lowest BCUT2D eigenvalue weighted by molar-refractivity contribution is -0.144. The third kappa shape index (κ3) is 4.37. The number of halogens is 1. The molecule has 18 heavy (non-hydrogen) atoms. The summed E-state index contributed by atoms with van der Waals surface area (Å²) in [7, 11) is 1.25. The number of nitrogens with one attached hydrogen (secondary N) is 1. The van der Waals surface area contributed by atoms with Crippen molar-refractivity contribution in [3.05, 3.63) is 41.7 Å². The first-order valence-electron chi connectivity index (χ1n) is 5.35. The van der Waals surface area contributed by atoms with Gasteiger partial charge in [-0.3, -0.25) is 4.79 Å². The van der Waals surface area contributed by atoms with E-state index in [0.29, 0.717) is 5.56 Å². The summed E-state index contributed by atoms with van der Waals surface area (Å²) in [6, 6.07) is 4.98. The molecule has 1 aromatic rings. The summed E-state index contributed by atoms with van der Waals surface area (Å²) >= 11 is 0. The third-order valence-corrected chi connectivity index (χ3v) is 2.21. The molecule has 0 aliphatic carbocycles. The van der Waals surface area contributed by atoms with Crippen LogP contribution in [0, 0.1) is 5.82 Å². The number of carbonyl (C=O) groups is 2. The van der Waals surface area contributed by atoms with Crippen LogP contribution in [0.2, 0.25) is 0 Å². The molecule has 0 heterocycles. The Labute approximate surface area is 104 Å². The first-order chi connectivity index (χ1) is 8.52. The molecule has 96 valence electrons. The number of methoxy groups -OCH3 is 1. The number of ether oxygens (including phenoxy) is 1. The molecular weight excluding hydrogens is 237 g/mol. The van der Waals surface area contributed by atoms with Crippen molar-refractivity contribution >= 4 is 18.0 Å². The minimum Gasteiger partial charge on any atom is -0.467 e. The van der Waals surface area contributed by atoms with Crippen LogP contribution in [0.3, 0.4) is 0 Å². The Hall–Kier alpha value is -2.17. The Kier molecular flexibility index (Phi) is 5.05. The van der Waals surface area contributed by atoms with Gasteiger partial charge in [-0.25, -0.2) is 9.18 Å². The fourth-order valence-electron chi connectivity index (χ4n) is 1.24. The van der Waals surface area contributed by atoms with E-state index in [-0.39, 0.29) is 5.82 Å². The van der Waals surface area contributed by atoms with Crippen molar-refractivity contribution in [2.24, 2.45) is 0 Å². The molecule has 0 saturated heterocycles. The number of benzene rings is 1. The summed E-state index contributed by atoms with van der Waals surface area (Å²) in [5, 5.41) is 2.44. The zero-order valence-corrected chi connectivity index (χ0v) is 10.1. The number of hydrogen-bond donors (Lipinski definition) is 1. The highest BCUT2D eigenvalue weighted by molar-refractivity contribution is 5.94. The number of rotatable bonds is 4. The van der Waals surface area contributed by atoms with Crippen LogP contribution in [0.1, 0.15) is 12.5 Å². The molecule has 0 fully saturated rings. The lowest BCUT2D eigenvalue weighted by Gasteiger charge is -2.09. The molecule has 1 aromatic carbocycles. The van der Waals surface area contributed by atoms with E-state index in [0.717, 1.165) is 0 Å². The second kappa shape index (κ2) is 6.54. The monoisotopic (exact) mass is 251 g/mol. The van der Waals surface area contributed by atoms with Gasteiger partial charge in [0.15, 0.2) is 0 Å². The molecule has 0 spiro atoms. The summed E-state index contributed by atoms with van der Waals surface area (Å²) in [5.41, 5.74) is 0.692. The van der Waals surface area contributed by atoms with Gasteiger partial charge in [0, 0.05) is 6.08 Å². The Bertz CT molecular complexity index is 454. The lowest BCUT2D eigenvalue weighted by Crippen LogP contribution is -2.38. The summed E-state index contributed by atoms with van der Waals surface area (Å²) < 4.78 is 17.1. The molecule has 0 aliphatic heterocycles. The van der Waals surface area contributed by atoms with Crippen molar-refractivity contribution in [2.45, 2.75) is 13.0 Å². The highest BCUT2D eigenvalue weighted by atomic mass is 19.1. The molecule has 0 bridgehead atoms. The minimum absolute atomic E-state index is 0.337. The molecule has 1 unspecified atom stereocenters. The van der Waals surface area contributed by atoms with Gasteiger partial charge >= 0.3 is 5.97 Å². The molecule has 0 saturated carbocycles. The van der Waals surface area contributed by atoms with Gasteiger partial charge in [-0.05, 0) is 30.7 Å². The van der Waals surface area contributed by atoms with Gasteiger partial charge < -0.3 is 10.1 Å². The summed E-state index contributed by atoms with van der Waals surface area (Å²) in [5.74, 6) is -1.27. The van der Waals surface area contributed by atoms with Crippen LogP contribution in [-0.4, -0.2) is 25.0 Å². The van der Waals surface area contributed by atoms with Crippen LogP contribution in [0.25, 0.3) is 6.08 Å². The number of hydrogen-bond acceptors (Lipinski definition) is 3. The molecule has 1 amide bonds. The van der Waals surface area contributed by atoms with Gasteiger partial charge in [-0.15, -0.1) is 0 Å². The van der Waals surface area contributed by atoms with Crippen LogP contribution in [-0.2, 0) is 14.3 Å². The second-order valence-electron chi connectivity index (χ2n) is 3.64. The zero-order chi connectivity index (χ0) is 13.5. The standard InChI is InChI=1S/C13H14FNO3/c1-9(13(17)18-2)15-12(16)8-5-10-3-6-11(14)7-4-10/h3-9H,1-2H3,(H,15,16)/b8-5+. The van der Waals surface area contributed by atoms with Crippen LogP contribution < -0.4 is 5.32 Å². The Balaban J connectivity index is 2.54. The van der Waals surface area contributed by atoms with E-state index in [1.807, 2.05) is 0 Å². The van der Waals surface area contributed by atoms with Crippen molar-refractivity contribution in [3.63, 3.8) is 0 Å². The Morgan fingerprint density at radius 3 is 2.50 bits per heavy atom. The van der Waals surface area contributed by atoms with Crippen molar-refractivity contribution < 1.29 is 18.7 Å². The van der Waals surface area contributed by atoms with Crippen LogP contribution in [0.5, 0.6) is 0 Å². The quantitative estimate of drug-likeness (QED) is 0.652. The molecule has 4 nitrogen and oxygen atoms in total. The molecular formula is C13H14FNO3. The van der Waals surface area contributed by atoms with Crippen LogP contribution in [0.4, 0.5) is 4.39 Å². The lowest BCUT2D eigenvalue weighted by atomic mass is 10.2. The highest BCUT2D eigenvalue weighted by Crippen LogP contribution is 2.04. The number of esters is 1. The fraction of sp³-hybridized carbons (Fsp3) is 0.231. The van der Waals surface area contributed by atoms with E-state index >= 15 is 0 Å². The molecule has 1 atom stereocenters. The normalized spacial score (nSPS) is 12.2. The van der Waals surface area contributed by atoms with Crippen LogP contribution in [0.15, 0.2) is 30.3 Å². The van der Waals surface area contributed by atoms with E-state index in [1.165, 1.54) is 38.3 Å². The van der Waals surface area contributed by atoms with Crippen molar-refractivity contribution in [1.82, 2.24) is 5.32 Å². The van der Waals surface area contributed by atoms with Gasteiger partial charge in [0.25, 0.3) is 0 Å². The maximum atomic E-state index is 12.6. The van der Waals surface area contributed by atoms with Gasteiger partial charge in [-0.2, -0.15) is 0 Å². The second-order valence-corrected chi connectivity index (χ2v) is 3.64. The topological polar surface area (TPSA) is 55.4 Å². The third-order valence-electron chi connectivity index (χ3n) is 2.21. The highest BCUT2D eigenvalue weighted by Gasteiger charge is 2.13. The zero-order valence-electron chi connectivity index (χ0n) is 10.1. The SMILES string of the molecule is COC(=O)C(C)NC(=O)/C=C/c1ccc(F)cc1. The summed E-state index contributed by atoms with van der Waals surface area (Å²) in [4.78, 5) is 22.5. The number of carbonyl (C=O) groups excluding carboxylic acids is 2. The van der Waals surface area contributed by atoms with E-state index < -0.39 is 17.9 Å². The molecule has 1 rings (SSSR count). The summed E-state index contributed by atoms with van der Waals surface area (Å²) in [6.45, 7) is 1.52. The van der Waals surface area contributed by atoms with Gasteiger partial charge in [0.2, 0.25) is 5.91 Å². The van der Waals surface area contributed by atoms with E-state index in [2.05, 4.69) is 10.1 Å². The van der Waals surface area contributed by atoms with Crippen molar-refractivity contribution in [2.75, 3.05) is 7.11 Å². The molecule has 0 radical (unpaired) electrons. The molecule has 5 heteroatoms. The predicted molar refractivity (Wildman–Crippen MR) is 65.1 cm³/mol. The average molecular weight is 251 g/mol. The molecule has 1 N–H and O–H groups in total. The van der Waals surface area contributed by atoms with Gasteiger partial charge in [-0.1, -0.05) is 12.1 Å². The number of amides is 1. The maximum absolute atomic E-state index is 12.6. The Morgan fingerprint density at radius 2 is 1.94 bits per heavy atom. The van der Waals surface area contributed by atoms with Crippen LogP contribution >= 0.6 is 0 Å².